The molecule has 0 aliphatic heterocycles. The first-order chi connectivity index (χ1) is 8.97. The predicted octanol–water partition coefficient (Wildman–Crippen LogP) is 1.50. The van der Waals surface area contributed by atoms with Crippen molar-refractivity contribution in [2.45, 2.75) is 13.5 Å². The Morgan fingerprint density at radius 2 is 2.26 bits per heavy atom. The molecule has 19 heavy (non-hydrogen) atoms. The molecular formula is C12H11N3O4. The van der Waals surface area contributed by atoms with Crippen molar-refractivity contribution in [2.24, 2.45) is 0 Å². The molecule has 7 nitrogen and oxygen atoms in total. The van der Waals surface area contributed by atoms with Gasteiger partial charge in [0.05, 0.1) is 10.3 Å². The van der Waals surface area contributed by atoms with Gasteiger partial charge in [0.1, 0.15) is 5.65 Å². The summed E-state index contributed by atoms with van der Waals surface area (Å²) < 4.78 is 1.12. The van der Waals surface area contributed by atoms with Gasteiger partial charge in [-0.15, -0.1) is 6.58 Å². The van der Waals surface area contributed by atoms with Crippen molar-refractivity contribution in [3.05, 3.63) is 50.9 Å². The predicted molar refractivity (Wildman–Crippen MR) is 69.3 cm³/mol. The van der Waals surface area contributed by atoms with Gasteiger partial charge in [0, 0.05) is 12.2 Å². The van der Waals surface area contributed by atoms with Crippen LogP contribution in [0, 0.1) is 17.0 Å². The highest BCUT2D eigenvalue weighted by molar-refractivity contribution is 5.86. The Morgan fingerprint density at radius 3 is 2.84 bits per heavy atom. The fourth-order valence-corrected chi connectivity index (χ4v) is 1.85. The van der Waals surface area contributed by atoms with Gasteiger partial charge in [-0.25, -0.2) is 4.98 Å². The second kappa shape index (κ2) is 4.52. The second-order valence-corrected chi connectivity index (χ2v) is 3.98. The maximum atomic E-state index is 12.0. The zero-order chi connectivity index (χ0) is 14.2. The number of nitro groups is 1. The molecule has 0 saturated carbocycles. The molecule has 0 aromatic carbocycles. The standard InChI is InChI=1S/C12H11N3O4/c1-3-6-14-11-8(5-4-7(2)13-11)10(16)9(12(14)17)15(18)19/h3-5,16H,1,6H2,2H3. The third kappa shape index (κ3) is 1.95. The first kappa shape index (κ1) is 12.7. The fourth-order valence-electron chi connectivity index (χ4n) is 1.85. The van der Waals surface area contributed by atoms with E-state index in [1.807, 2.05) is 0 Å². The van der Waals surface area contributed by atoms with Crippen molar-refractivity contribution >= 4 is 16.7 Å². The minimum absolute atomic E-state index is 0.0763. The van der Waals surface area contributed by atoms with Crippen molar-refractivity contribution in [3.8, 4) is 5.75 Å². The lowest BCUT2D eigenvalue weighted by atomic mass is 10.2. The van der Waals surface area contributed by atoms with Crippen LogP contribution in [0.4, 0.5) is 5.69 Å². The number of pyridine rings is 2. The van der Waals surface area contributed by atoms with Gasteiger partial charge in [-0.3, -0.25) is 19.5 Å². The summed E-state index contributed by atoms with van der Waals surface area (Å²) in [5.74, 6) is -0.655. The summed E-state index contributed by atoms with van der Waals surface area (Å²) in [4.78, 5) is 26.2. The van der Waals surface area contributed by atoms with Crippen LogP contribution in [0.2, 0.25) is 0 Å². The number of hydrogen-bond acceptors (Lipinski definition) is 5. The Labute approximate surface area is 107 Å². The monoisotopic (exact) mass is 261 g/mol. The molecule has 0 amide bonds. The molecule has 98 valence electrons. The maximum absolute atomic E-state index is 12.0. The van der Waals surface area contributed by atoms with Crippen LogP contribution in [-0.4, -0.2) is 19.6 Å². The first-order valence-electron chi connectivity index (χ1n) is 5.45. The molecule has 0 bridgehead atoms. The molecule has 0 fully saturated rings. The molecule has 1 N–H and O–H groups in total. The zero-order valence-electron chi connectivity index (χ0n) is 10.2. The number of aryl methyl sites for hydroxylation is 1. The van der Waals surface area contributed by atoms with Crippen LogP contribution < -0.4 is 5.56 Å². The molecule has 0 unspecified atom stereocenters. The number of aromatic nitrogens is 2. The molecular weight excluding hydrogens is 250 g/mol. The lowest BCUT2D eigenvalue weighted by Crippen LogP contribution is -2.23. The van der Waals surface area contributed by atoms with Crippen LogP contribution >= 0.6 is 0 Å². The SMILES string of the molecule is C=CCn1c(=O)c([N+](=O)[O-])c(O)c2ccc(C)nc21. The average molecular weight is 261 g/mol. The molecule has 0 spiro atoms. The highest BCUT2D eigenvalue weighted by atomic mass is 16.6. The Morgan fingerprint density at radius 1 is 1.58 bits per heavy atom. The summed E-state index contributed by atoms with van der Waals surface area (Å²) in [7, 11) is 0. The van der Waals surface area contributed by atoms with Gasteiger partial charge in [-0.2, -0.15) is 0 Å². The van der Waals surface area contributed by atoms with Crippen LogP contribution in [0.1, 0.15) is 5.69 Å². The molecule has 0 saturated heterocycles. The van der Waals surface area contributed by atoms with E-state index >= 15 is 0 Å². The molecule has 2 heterocycles. The van der Waals surface area contributed by atoms with E-state index < -0.39 is 21.9 Å². The number of nitrogens with zero attached hydrogens (tertiary/aromatic N) is 3. The van der Waals surface area contributed by atoms with Crippen LogP contribution in [0.5, 0.6) is 5.75 Å². The third-order valence-electron chi connectivity index (χ3n) is 2.69. The van der Waals surface area contributed by atoms with E-state index in [0.29, 0.717) is 5.69 Å². The van der Waals surface area contributed by atoms with Crippen LogP contribution in [-0.2, 0) is 6.54 Å². The van der Waals surface area contributed by atoms with Crippen molar-refractivity contribution in [1.29, 1.82) is 0 Å². The molecule has 2 rings (SSSR count). The summed E-state index contributed by atoms with van der Waals surface area (Å²) in [6.07, 6.45) is 1.44. The van der Waals surface area contributed by atoms with Crippen molar-refractivity contribution < 1.29 is 10.0 Å². The van der Waals surface area contributed by atoms with Crippen LogP contribution in [0.3, 0.4) is 0 Å². The quantitative estimate of drug-likeness (QED) is 0.513. The van der Waals surface area contributed by atoms with E-state index in [9.17, 15) is 20.0 Å². The summed E-state index contributed by atoms with van der Waals surface area (Å²) in [5, 5.41) is 20.9. The van der Waals surface area contributed by atoms with Gasteiger partial charge in [-0.05, 0) is 19.1 Å². The lowest BCUT2D eigenvalue weighted by molar-refractivity contribution is -0.387. The van der Waals surface area contributed by atoms with Gasteiger partial charge in [0.25, 0.3) is 0 Å². The van der Waals surface area contributed by atoms with E-state index in [0.717, 1.165) is 4.57 Å². The van der Waals surface area contributed by atoms with Gasteiger partial charge >= 0.3 is 11.2 Å². The molecule has 0 atom stereocenters. The highest BCUT2D eigenvalue weighted by Gasteiger charge is 2.25. The topological polar surface area (TPSA) is 98.3 Å². The number of fused-ring (bicyclic) bond motifs is 1. The number of aromatic hydroxyl groups is 1. The number of hydrogen-bond donors (Lipinski definition) is 1. The lowest BCUT2D eigenvalue weighted by Gasteiger charge is -2.09. The molecule has 7 heteroatoms. The Bertz CT molecular complexity index is 749. The van der Waals surface area contributed by atoms with Crippen LogP contribution in [0.25, 0.3) is 11.0 Å². The van der Waals surface area contributed by atoms with Crippen molar-refractivity contribution in [2.75, 3.05) is 0 Å². The van der Waals surface area contributed by atoms with Gasteiger partial charge in [-0.1, -0.05) is 6.08 Å². The van der Waals surface area contributed by atoms with E-state index in [-0.39, 0.29) is 17.6 Å². The van der Waals surface area contributed by atoms with Gasteiger partial charge < -0.3 is 5.11 Å². The Hall–Kier alpha value is -2.70. The van der Waals surface area contributed by atoms with Crippen molar-refractivity contribution in [3.63, 3.8) is 0 Å². The average Bonchev–Trinajstić information content (AvgIpc) is 2.34. The van der Waals surface area contributed by atoms with E-state index in [2.05, 4.69) is 11.6 Å². The third-order valence-corrected chi connectivity index (χ3v) is 2.69. The minimum atomic E-state index is -0.895. The minimum Gasteiger partial charge on any atom is -0.501 e. The summed E-state index contributed by atoms with van der Waals surface area (Å²) in [5.41, 5.74) is -0.904. The Balaban J connectivity index is 3.03. The van der Waals surface area contributed by atoms with Crippen molar-refractivity contribution in [1.82, 2.24) is 9.55 Å². The highest BCUT2D eigenvalue weighted by Crippen LogP contribution is 2.30. The first-order valence-corrected chi connectivity index (χ1v) is 5.45. The van der Waals surface area contributed by atoms with E-state index in [1.54, 1.807) is 13.0 Å². The number of rotatable bonds is 3. The molecule has 0 radical (unpaired) electrons. The van der Waals surface area contributed by atoms with Gasteiger partial charge in [0.15, 0.2) is 0 Å². The largest absolute Gasteiger partial charge is 0.501 e. The number of allylic oxidation sites excluding steroid dienone is 1. The smallest absolute Gasteiger partial charge is 0.376 e. The van der Waals surface area contributed by atoms with E-state index in [1.165, 1.54) is 12.1 Å². The summed E-state index contributed by atoms with van der Waals surface area (Å²) >= 11 is 0. The fraction of sp³-hybridized carbons (Fsp3) is 0.167. The van der Waals surface area contributed by atoms with E-state index in [4.69, 9.17) is 0 Å². The molecule has 2 aromatic rings. The molecule has 2 aromatic heterocycles. The zero-order valence-corrected chi connectivity index (χ0v) is 10.2. The molecule has 0 aliphatic carbocycles. The molecule has 0 aliphatic rings. The van der Waals surface area contributed by atoms with Gasteiger partial charge in [0.2, 0.25) is 5.75 Å². The Kier molecular flexibility index (Phi) is 3.04. The normalized spacial score (nSPS) is 10.6. The maximum Gasteiger partial charge on any atom is 0.376 e. The second-order valence-electron chi connectivity index (χ2n) is 3.98. The van der Waals surface area contributed by atoms with Crippen LogP contribution in [0.15, 0.2) is 29.6 Å². The summed E-state index contributed by atoms with van der Waals surface area (Å²) in [6, 6.07) is 3.10. The summed E-state index contributed by atoms with van der Waals surface area (Å²) in [6.45, 7) is 5.30.